The fourth-order valence-corrected chi connectivity index (χ4v) is 4.01. The molecule has 1 unspecified atom stereocenters. The van der Waals surface area contributed by atoms with E-state index in [0.29, 0.717) is 12.1 Å². The number of nitrogen functional groups attached to an aromatic ring is 1. The van der Waals surface area contributed by atoms with Gasteiger partial charge in [0.1, 0.15) is 0 Å². The van der Waals surface area contributed by atoms with Crippen molar-refractivity contribution in [3.63, 3.8) is 0 Å². The number of anilines is 1. The van der Waals surface area contributed by atoms with Crippen LogP contribution in [0.3, 0.4) is 0 Å². The maximum absolute atomic E-state index is 6.50. The van der Waals surface area contributed by atoms with Gasteiger partial charge < -0.3 is 11.5 Å². The van der Waals surface area contributed by atoms with Crippen molar-refractivity contribution in [3.05, 3.63) is 47.6 Å². The lowest BCUT2D eigenvalue weighted by Crippen LogP contribution is -2.49. The van der Waals surface area contributed by atoms with Gasteiger partial charge in [-0.1, -0.05) is 120 Å². The fraction of sp³-hybridized carbons (Fsp3) is 0.286. The molecule has 1 aliphatic carbocycles. The average Bonchev–Trinajstić information content (AvgIpc) is 2.36. The Morgan fingerprint density at radius 2 is 1.68 bits per heavy atom. The smallest absolute Gasteiger partial charge is 0.161 e. The van der Waals surface area contributed by atoms with Gasteiger partial charge in [0.25, 0.3) is 0 Å². The van der Waals surface area contributed by atoms with Crippen molar-refractivity contribution < 1.29 is 0 Å². The predicted molar refractivity (Wildman–Crippen MR) is 117 cm³/mol. The van der Waals surface area contributed by atoms with Crippen molar-refractivity contribution >= 4 is 107 Å². The Bertz CT molecular complexity index is 642. The molecular formula is C14H12Br6N2. The minimum atomic E-state index is -0.604. The summed E-state index contributed by atoms with van der Waals surface area (Å²) in [5.74, 6) is 0. The summed E-state index contributed by atoms with van der Waals surface area (Å²) in [5, 5.41) is 0. The molecule has 2 nitrogen and oxygen atoms in total. The van der Waals surface area contributed by atoms with E-state index in [1.807, 2.05) is 30.4 Å². The average molecular weight is 688 g/mol. The molecule has 0 radical (unpaired) electrons. The van der Waals surface area contributed by atoms with Crippen LogP contribution >= 0.6 is 95.6 Å². The monoisotopic (exact) mass is 682 g/mol. The van der Waals surface area contributed by atoms with E-state index < -0.39 is 9.82 Å². The van der Waals surface area contributed by atoms with Crippen LogP contribution in [0.15, 0.2) is 36.4 Å². The Labute approximate surface area is 180 Å². The van der Waals surface area contributed by atoms with Gasteiger partial charge in [-0.3, -0.25) is 0 Å². The van der Waals surface area contributed by atoms with Gasteiger partial charge in [0.2, 0.25) is 0 Å². The van der Waals surface area contributed by atoms with Gasteiger partial charge in [0.15, 0.2) is 4.29 Å². The van der Waals surface area contributed by atoms with Crippen molar-refractivity contribution in [2.75, 3.05) is 5.73 Å². The molecule has 0 amide bonds. The van der Waals surface area contributed by atoms with Crippen molar-refractivity contribution in [1.82, 2.24) is 0 Å². The van der Waals surface area contributed by atoms with Gasteiger partial charge in [-0.15, -0.1) is 0 Å². The summed E-state index contributed by atoms with van der Waals surface area (Å²) in [6.07, 6.45) is 6.67. The highest BCUT2D eigenvalue weighted by Crippen LogP contribution is 2.50. The highest BCUT2D eigenvalue weighted by Gasteiger charge is 2.43. The molecule has 0 aromatic heterocycles. The van der Waals surface area contributed by atoms with E-state index >= 15 is 0 Å². The van der Waals surface area contributed by atoms with E-state index in [1.54, 1.807) is 0 Å². The number of hydrogen-bond donors (Lipinski definition) is 2. The predicted octanol–water partition coefficient (Wildman–Crippen LogP) is 6.44. The van der Waals surface area contributed by atoms with Crippen LogP contribution in [0.2, 0.25) is 0 Å². The Morgan fingerprint density at radius 3 is 2.23 bits per heavy atom. The first-order valence-corrected chi connectivity index (χ1v) is 10.9. The molecule has 0 spiro atoms. The first-order valence-electron chi connectivity index (χ1n) is 6.15. The largest absolute Gasteiger partial charge is 0.398 e. The minimum Gasteiger partial charge on any atom is -0.398 e. The molecule has 4 N–H and O–H groups in total. The number of benzene rings is 1. The third-order valence-corrected chi connectivity index (χ3v) is 6.93. The number of hydrogen-bond acceptors (Lipinski definition) is 2. The maximum atomic E-state index is 6.50. The molecule has 1 aliphatic rings. The Hall–Kier alpha value is 1.34. The van der Waals surface area contributed by atoms with E-state index in [4.69, 9.17) is 11.5 Å². The third-order valence-electron chi connectivity index (χ3n) is 3.43. The molecule has 0 aliphatic heterocycles. The summed E-state index contributed by atoms with van der Waals surface area (Å²) in [5.41, 5.74) is 15.8. The van der Waals surface area contributed by atoms with Gasteiger partial charge in [0, 0.05) is 11.3 Å². The van der Waals surface area contributed by atoms with E-state index in [-0.39, 0.29) is 0 Å². The number of rotatable bonds is 1. The van der Waals surface area contributed by atoms with Crippen LogP contribution in [0.25, 0.3) is 5.57 Å². The van der Waals surface area contributed by atoms with E-state index in [2.05, 4.69) is 102 Å². The third kappa shape index (κ3) is 4.29. The molecule has 0 bridgehead atoms. The van der Waals surface area contributed by atoms with Crippen LogP contribution in [0.5, 0.6) is 0 Å². The Balaban J connectivity index is 2.42. The lowest BCUT2D eigenvalue weighted by atomic mass is 9.85. The number of allylic oxidation sites excluding steroid dienone is 2. The molecule has 1 aromatic rings. The van der Waals surface area contributed by atoms with Crippen molar-refractivity contribution in [2.24, 2.45) is 5.73 Å². The van der Waals surface area contributed by atoms with Crippen LogP contribution in [-0.2, 0) is 2.14 Å². The molecule has 1 aromatic carbocycles. The summed E-state index contributed by atoms with van der Waals surface area (Å²) >= 11 is 21.2. The van der Waals surface area contributed by atoms with Crippen LogP contribution < -0.4 is 11.5 Å². The first-order chi connectivity index (χ1) is 9.94. The van der Waals surface area contributed by atoms with E-state index in [0.717, 1.165) is 16.7 Å². The second-order valence-electron chi connectivity index (χ2n) is 5.07. The topological polar surface area (TPSA) is 52.0 Å². The first kappa shape index (κ1) is 19.7. The molecule has 8 heteroatoms. The highest BCUT2D eigenvalue weighted by molar-refractivity contribution is 9.39. The van der Waals surface area contributed by atoms with E-state index in [1.165, 1.54) is 0 Å². The molecule has 120 valence electrons. The molecule has 0 fully saturated rings. The lowest BCUT2D eigenvalue weighted by Gasteiger charge is -2.37. The van der Waals surface area contributed by atoms with Gasteiger partial charge in [0.05, 0.1) is 5.54 Å². The molecule has 22 heavy (non-hydrogen) atoms. The SMILES string of the molecule is Nc1ccc(C2=CC=CC(N)(C(Br)(Br)Br)C2)cc1C(Br)(Br)Br. The highest BCUT2D eigenvalue weighted by atomic mass is 80.0. The zero-order valence-electron chi connectivity index (χ0n) is 11.1. The maximum Gasteiger partial charge on any atom is 0.161 e. The van der Waals surface area contributed by atoms with Crippen LogP contribution in [0, 0.1) is 0 Å². The Kier molecular flexibility index (Phi) is 6.19. The minimum absolute atomic E-state index is 0.554. The zero-order chi connectivity index (χ0) is 16.8. The summed E-state index contributed by atoms with van der Waals surface area (Å²) in [7, 11) is 0. The molecule has 0 heterocycles. The van der Waals surface area contributed by atoms with Gasteiger partial charge in [-0.25, -0.2) is 0 Å². The second-order valence-corrected chi connectivity index (χ2v) is 18.6. The van der Waals surface area contributed by atoms with E-state index in [9.17, 15) is 0 Å². The Morgan fingerprint density at radius 1 is 1.05 bits per heavy atom. The molecule has 1 atom stereocenters. The molecule has 0 saturated heterocycles. The van der Waals surface area contributed by atoms with Crippen molar-refractivity contribution in [2.45, 2.75) is 16.2 Å². The zero-order valence-corrected chi connectivity index (χ0v) is 20.6. The molecule has 2 rings (SSSR count). The molecule has 0 saturated carbocycles. The lowest BCUT2D eigenvalue weighted by molar-refractivity contribution is 0.581. The summed E-state index contributed by atoms with van der Waals surface area (Å²) < 4.78 is -1.13. The quantitative estimate of drug-likeness (QED) is 0.264. The molecular weight excluding hydrogens is 676 g/mol. The van der Waals surface area contributed by atoms with Crippen LogP contribution in [0.4, 0.5) is 5.69 Å². The van der Waals surface area contributed by atoms with Crippen LogP contribution in [-0.4, -0.2) is 7.68 Å². The summed E-state index contributed by atoms with van der Waals surface area (Å²) in [6, 6.07) is 5.93. The summed E-state index contributed by atoms with van der Waals surface area (Å²) in [6.45, 7) is 0. The number of halogens is 6. The van der Waals surface area contributed by atoms with Crippen LogP contribution in [0.1, 0.15) is 17.5 Å². The summed E-state index contributed by atoms with van der Waals surface area (Å²) in [4.78, 5) is 0. The number of nitrogens with two attached hydrogens (primary N) is 2. The fourth-order valence-electron chi connectivity index (χ4n) is 2.16. The standard InChI is InChI=1S/C14H12Br6N2/c15-13(16,17)10-6-8(3-4-11(10)21)9-2-1-5-12(22,7-9)14(18,19)20/h1-6H,7,21-22H2. The van der Waals surface area contributed by atoms with Gasteiger partial charge in [-0.05, 0) is 29.7 Å². The van der Waals surface area contributed by atoms with Crippen molar-refractivity contribution in [1.29, 1.82) is 0 Å². The van der Waals surface area contributed by atoms with Gasteiger partial charge >= 0.3 is 0 Å². The number of alkyl halides is 6. The second kappa shape index (κ2) is 6.92. The van der Waals surface area contributed by atoms with Crippen molar-refractivity contribution in [3.8, 4) is 0 Å². The normalized spacial score (nSPS) is 22.6. The van der Waals surface area contributed by atoms with Gasteiger partial charge in [-0.2, -0.15) is 0 Å².